The van der Waals surface area contributed by atoms with Gasteiger partial charge in [0.25, 0.3) is 0 Å². The molecule has 176 valence electrons. The monoisotopic (exact) mass is 440 g/mol. The van der Waals surface area contributed by atoms with Gasteiger partial charge in [0.05, 0.1) is 0 Å². The number of Topliss-reactive ketones (excluding diaryl/α,β-unsaturated/α-hetero) is 1. The lowest BCUT2D eigenvalue weighted by Crippen LogP contribution is -2.13. The summed E-state index contributed by atoms with van der Waals surface area (Å²) in [5, 5.41) is 8.69. The number of carboxylic acid groups (broad SMARTS) is 1. The number of aliphatic carboxylic acids is 1. The zero-order valence-electron chi connectivity index (χ0n) is 19.7. The molecule has 0 amide bonds. The number of ketones is 2. The molecule has 4 nitrogen and oxygen atoms in total. The van der Waals surface area contributed by atoms with Crippen LogP contribution in [-0.2, 0) is 16.0 Å². The van der Waals surface area contributed by atoms with Crippen molar-refractivity contribution >= 4 is 17.5 Å². The summed E-state index contributed by atoms with van der Waals surface area (Å²) in [5.41, 5.74) is 1.99. The summed E-state index contributed by atoms with van der Waals surface area (Å²) in [6.45, 7) is 2.22. The molecule has 1 aromatic rings. The van der Waals surface area contributed by atoms with E-state index < -0.39 is 5.97 Å². The van der Waals surface area contributed by atoms with Crippen LogP contribution in [0.5, 0.6) is 0 Å². The maximum absolute atomic E-state index is 12.6. The average molecular weight is 441 g/mol. The number of carbonyl (C=O) groups excluding carboxylic acids is 2. The summed E-state index contributed by atoms with van der Waals surface area (Å²) in [5.74, 6) is -0.281. The maximum atomic E-state index is 12.6. The van der Waals surface area contributed by atoms with Crippen LogP contribution in [0.1, 0.15) is 106 Å². The number of unbranched alkanes of at least 4 members (excludes halogenated alkanes) is 7. The van der Waals surface area contributed by atoms with Crippen LogP contribution in [0.3, 0.4) is 0 Å². The van der Waals surface area contributed by atoms with E-state index in [1.807, 2.05) is 18.2 Å². The second-order valence-electron chi connectivity index (χ2n) is 9.21. The smallest absolute Gasteiger partial charge is 0.303 e. The van der Waals surface area contributed by atoms with Crippen molar-refractivity contribution in [3.63, 3.8) is 0 Å². The van der Waals surface area contributed by atoms with Crippen LogP contribution in [0.4, 0.5) is 0 Å². The van der Waals surface area contributed by atoms with Gasteiger partial charge in [-0.25, -0.2) is 0 Å². The molecule has 0 radical (unpaired) electrons. The van der Waals surface area contributed by atoms with Crippen molar-refractivity contribution in [2.75, 3.05) is 0 Å². The topological polar surface area (TPSA) is 71.4 Å². The number of aryl methyl sites for hydroxylation is 1. The van der Waals surface area contributed by atoms with Gasteiger partial charge in [-0.15, -0.1) is 0 Å². The molecule has 4 heteroatoms. The predicted octanol–water partition coefficient (Wildman–Crippen LogP) is 6.96. The van der Waals surface area contributed by atoms with Gasteiger partial charge >= 0.3 is 5.97 Å². The molecule has 1 aliphatic rings. The minimum atomic E-state index is -0.747. The molecule has 0 saturated heterocycles. The summed E-state index contributed by atoms with van der Waals surface area (Å²) in [6.07, 6.45) is 17.0. The highest BCUT2D eigenvalue weighted by atomic mass is 16.4. The molecule has 1 N–H and O–H groups in total. The number of benzene rings is 1. The maximum Gasteiger partial charge on any atom is 0.303 e. The predicted molar refractivity (Wildman–Crippen MR) is 129 cm³/mol. The van der Waals surface area contributed by atoms with Crippen LogP contribution in [0.2, 0.25) is 0 Å². The average Bonchev–Trinajstić information content (AvgIpc) is 3.14. The van der Waals surface area contributed by atoms with Gasteiger partial charge in [-0.2, -0.15) is 0 Å². The molecule has 1 aliphatic carbocycles. The number of carbonyl (C=O) groups is 3. The number of carboxylic acids is 1. The quantitative estimate of drug-likeness (QED) is 0.171. The minimum Gasteiger partial charge on any atom is -0.481 e. The Hall–Kier alpha value is -2.23. The third-order valence-electron chi connectivity index (χ3n) is 6.61. The second-order valence-corrected chi connectivity index (χ2v) is 9.21. The van der Waals surface area contributed by atoms with Crippen molar-refractivity contribution in [2.45, 2.75) is 96.8 Å². The lowest BCUT2D eigenvalue weighted by Gasteiger charge is -2.14. The van der Waals surface area contributed by atoms with E-state index in [0.717, 1.165) is 38.5 Å². The Morgan fingerprint density at radius 1 is 0.969 bits per heavy atom. The largest absolute Gasteiger partial charge is 0.481 e. The zero-order valence-corrected chi connectivity index (χ0v) is 19.7. The van der Waals surface area contributed by atoms with Crippen LogP contribution in [0.25, 0.3) is 0 Å². The first-order chi connectivity index (χ1) is 15.5. The summed E-state index contributed by atoms with van der Waals surface area (Å²) in [6, 6.07) is 7.96. The number of hydrogen-bond donors (Lipinski definition) is 1. The van der Waals surface area contributed by atoms with Crippen molar-refractivity contribution in [2.24, 2.45) is 11.8 Å². The SMILES string of the molecule is CCCCCCCc1ccc(C(=O)/C=C/C2CCC(=O)C2CCCCCCC(=O)O)cc1. The van der Waals surface area contributed by atoms with Crippen LogP contribution in [-0.4, -0.2) is 22.6 Å². The summed E-state index contributed by atoms with van der Waals surface area (Å²) < 4.78 is 0. The first kappa shape index (κ1) is 26.0. The van der Waals surface area contributed by atoms with E-state index in [0.29, 0.717) is 24.2 Å². The van der Waals surface area contributed by atoms with Crippen molar-refractivity contribution in [1.29, 1.82) is 0 Å². The van der Waals surface area contributed by atoms with E-state index in [1.54, 1.807) is 6.08 Å². The van der Waals surface area contributed by atoms with Crippen molar-refractivity contribution in [3.05, 3.63) is 47.5 Å². The Labute approximate surface area is 193 Å². The Morgan fingerprint density at radius 2 is 1.66 bits per heavy atom. The van der Waals surface area contributed by atoms with Gasteiger partial charge in [0.2, 0.25) is 0 Å². The fraction of sp³-hybridized carbons (Fsp3) is 0.607. The third-order valence-corrected chi connectivity index (χ3v) is 6.61. The van der Waals surface area contributed by atoms with E-state index in [-0.39, 0.29) is 24.0 Å². The molecule has 0 bridgehead atoms. The molecule has 2 atom stereocenters. The van der Waals surface area contributed by atoms with E-state index >= 15 is 0 Å². The van der Waals surface area contributed by atoms with E-state index in [2.05, 4.69) is 19.1 Å². The van der Waals surface area contributed by atoms with Crippen LogP contribution >= 0.6 is 0 Å². The summed E-state index contributed by atoms with van der Waals surface area (Å²) in [7, 11) is 0. The molecule has 1 aromatic carbocycles. The Balaban J connectivity index is 1.77. The lowest BCUT2D eigenvalue weighted by molar-refractivity contribution is -0.137. The van der Waals surface area contributed by atoms with Crippen LogP contribution < -0.4 is 0 Å². The second kappa shape index (κ2) is 14.8. The molecule has 0 spiro atoms. The minimum absolute atomic E-state index is 0.00580. The lowest BCUT2D eigenvalue weighted by atomic mass is 9.89. The number of hydrogen-bond acceptors (Lipinski definition) is 3. The van der Waals surface area contributed by atoms with Gasteiger partial charge < -0.3 is 5.11 Å². The molecule has 0 aliphatic heterocycles. The molecule has 32 heavy (non-hydrogen) atoms. The first-order valence-corrected chi connectivity index (χ1v) is 12.6. The third kappa shape index (κ3) is 9.50. The van der Waals surface area contributed by atoms with E-state index in [9.17, 15) is 14.4 Å². The summed E-state index contributed by atoms with van der Waals surface area (Å²) >= 11 is 0. The first-order valence-electron chi connectivity index (χ1n) is 12.6. The van der Waals surface area contributed by atoms with E-state index in [4.69, 9.17) is 5.11 Å². The number of rotatable bonds is 16. The van der Waals surface area contributed by atoms with Crippen molar-refractivity contribution in [1.82, 2.24) is 0 Å². The fourth-order valence-electron chi connectivity index (χ4n) is 4.61. The summed E-state index contributed by atoms with van der Waals surface area (Å²) in [4.78, 5) is 35.5. The molecule has 2 unspecified atom stereocenters. The highest BCUT2D eigenvalue weighted by molar-refractivity contribution is 6.04. The van der Waals surface area contributed by atoms with Gasteiger partial charge in [-0.05, 0) is 49.7 Å². The highest BCUT2D eigenvalue weighted by Gasteiger charge is 2.32. The Bertz CT molecular complexity index is 747. The van der Waals surface area contributed by atoms with Gasteiger partial charge in [-0.3, -0.25) is 14.4 Å². The highest BCUT2D eigenvalue weighted by Crippen LogP contribution is 2.34. The van der Waals surface area contributed by atoms with Crippen LogP contribution in [0.15, 0.2) is 36.4 Å². The van der Waals surface area contributed by atoms with Gasteiger partial charge in [0.15, 0.2) is 5.78 Å². The van der Waals surface area contributed by atoms with Crippen molar-refractivity contribution in [3.8, 4) is 0 Å². The zero-order chi connectivity index (χ0) is 23.2. The molecule has 0 aromatic heterocycles. The van der Waals surface area contributed by atoms with Gasteiger partial charge in [0.1, 0.15) is 5.78 Å². The Morgan fingerprint density at radius 3 is 2.38 bits per heavy atom. The molecule has 1 fully saturated rings. The molecule has 1 saturated carbocycles. The number of allylic oxidation sites excluding steroid dienone is 2. The van der Waals surface area contributed by atoms with Gasteiger partial charge in [0, 0.05) is 24.3 Å². The van der Waals surface area contributed by atoms with Crippen molar-refractivity contribution < 1.29 is 19.5 Å². The molecule has 0 heterocycles. The standard InChI is InChI=1S/C28H40O4/c1-2-3-4-5-8-11-22-14-16-24(17-15-22)26(29)20-18-23-19-21-27(30)25(23)12-9-6-7-10-13-28(31)32/h14-18,20,23,25H,2-13,19,21H2,1H3,(H,31,32)/b20-18+. The van der Waals surface area contributed by atoms with Gasteiger partial charge in [-0.1, -0.05) is 82.2 Å². The van der Waals surface area contributed by atoms with E-state index in [1.165, 1.54) is 37.7 Å². The molecular weight excluding hydrogens is 400 g/mol. The normalized spacial score (nSPS) is 18.5. The molecule has 2 rings (SSSR count). The Kier molecular flexibility index (Phi) is 12.0. The van der Waals surface area contributed by atoms with Crippen LogP contribution in [0, 0.1) is 11.8 Å². The molecular formula is C28H40O4. The fourth-order valence-corrected chi connectivity index (χ4v) is 4.61.